The molecule has 1 aromatic carbocycles. The molecule has 0 radical (unpaired) electrons. The van der Waals surface area contributed by atoms with E-state index in [1.54, 1.807) is 30.6 Å². The fraction of sp³-hybridized carbons (Fsp3) is 0.158. The molecule has 0 atom stereocenters. The van der Waals surface area contributed by atoms with Gasteiger partial charge in [0.05, 0.1) is 11.3 Å². The van der Waals surface area contributed by atoms with E-state index in [9.17, 15) is 18.0 Å². The zero-order chi connectivity index (χ0) is 20.9. The van der Waals surface area contributed by atoms with E-state index in [-0.39, 0.29) is 17.3 Å². The Morgan fingerprint density at radius 1 is 1.14 bits per heavy atom. The first kappa shape index (κ1) is 20.6. The average molecular weight is 419 g/mol. The molecule has 2 heterocycles. The molecule has 6 nitrogen and oxygen atoms in total. The number of thioether (sulfide) groups is 1. The molecule has 3 rings (SSSR count). The van der Waals surface area contributed by atoms with Crippen molar-refractivity contribution in [2.45, 2.75) is 17.9 Å². The van der Waals surface area contributed by atoms with Gasteiger partial charge in [-0.25, -0.2) is 0 Å². The number of amides is 1. The van der Waals surface area contributed by atoms with Crippen molar-refractivity contribution in [1.82, 2.24) is 19.7 Å². The number of rotatable bonds is 7. The summed E-state index contributed by atoms with van der Waals surface area (Å²) in [6.45, 7) is 4.18. The van der Waals surface area contributed by atoms with Crippen LogP contribution in [0.2, 0.25) is 0 Å². The van der Waals surface area contributed by atoms with E-state index in [1.165, 1.54) is 23.9 Å². The molecule has 0 fully saturated rings. The quantitative estimate of drug-likeness (QED) is 0.457. The second kappa shape index (κ2) is 8.91. The predicted octanol–water partition coefficient (Wildman–Crippen LogP) is 4.28. The number of benzene rings is 1. The number of nitrogens with one attached hydrogen (secondary N) is 1. The molecular weight excluding hydrogens is 403 g/mol. The minimum absolute atomic E-state index is 0.0205. The average Bonchev–Trinajstić information content (AvgIpc) is 3.10. The molecule has 0 aliphatic rings. The van der Waals surface area contributed by atoms with E-state index in [1.807, 2.05) is 4.57 Å². The predicted molar refractivity (Wildman–Crippen MR) is 104 cm³/mol. The molecule has 3 aromatic rings. The number of pyridine rings is 1. The number of anilines is 1. The number of nitrogens with zero attached hydrogens (tertiary/aromatic N) is 4. The fourth-order valence-corrected chi connectivity index (χ4v) is 3.22. The van der Waals surface area contributed by atoms with Crippen LogP contribution in [0.25, 0.3) is 11.4 Å². The molecule has 0 aliphatic heterocycles. The number of alkyl halides is 3. The van der Waals surface area contributed by atoms with Crippen molar-refractivity contribution in [3.05, 3.63) is 67.0 Å². The van der Waals surface area contributed by atoms with Crippen LogP contribution in [-0.2, 0) is 17.5 Å². The zero-order valence-corrected chi connectivity index (χ0v) is 15.9. The third-order valence-corrected chi connectivity index (χ3v) is 4.76. The Labute approximate surface area is 168 Å². The Morgan fingerprint density at radius 3 is 2.45 bits per heavy atom. The Bertz CT molecular complexity index is 987. The summed E-state index contributed by atoms with van der Waals surface area (Å²) in [5.41, 5.74) is 0.343. The summed E-state index contributed by atoms with van der Waals surface area (Å²) in [5, 5.41) is 11.4. The number of hydrogen-bond acceptors (Lipinski definition) is 5. The van der Waals surface area contributed by atoms with Crippen molar-refractivity contribution in [3.8, 4) is 11.4 Å². The highest BCUT2D eigenvalue weighted by molar-refractivity contribution is 7.99. The van der Waals surface area contributed by atoms with Gasteiger partial charge in [0.1, 0.15) is 0 Å². The maximum absolute atomic E-state index is 12.6. The third kappa shape index (κ3) is 5.23. The first-order valence-electron chi connectivity index (χ1n) is 8.43. The van der Waals surface area contributed by atoms with Gasteiger partial charge in [0, 0.05) is 30.2 Å². The van der Waals surface area contributed by atoms with Crippen molar-refractivity contribution in [3.63, 3.8) is 0 Å². The summed E-state index contributed by atoms with van der Waals surface area (Å²) in [6.07, 6.45) is 0.569. The molecule has 0 aliphatic carbocycles. The van der Waals surface area contributed by atoms with E-state index < -0.39 is 11.7 Å². The normalized spacial score (nSPS) is 11.3. The zero-order valence-electron chi connectivity index (χ0n) is 15.1. The van der Waals surface area contributed by atoms with Gasteiger partial charge >= 0.3 is 6.18 Å². The topological polar surface area (TPSA) is 72.7 Å². The minimum Gasteiger partial charge on any atom is -0.325 e. The summed E-state index contributed by atoms with van der Waals surface area (Å²) in [4.78, 5) is 16.1. The van der Waals surface area contributed by atoms with Crippen LogP contribution in [0.3, 0.4) is 0 Å². The van der Waals surface area contributed by atoms with E-state index >= 15 is 0 Å². The van der Waals surface area contributed by atoms with Gasteiger partial charge in [-0.05, 0) is 36.4 Å². The molecule has 29 heavy (non-hydrogen) atoms. The standard InChI is InChI=1S/C19H16F3N5OS/c1-2-11-27-17(13-7-9-23-10-8-13)25-26-18(27)29-12-16(28)24-15-5-3-14(4-6-15)19(20,21)22/h2-10H,1,11-12H2,(H,24,28). The molecule has 1 amide bonds. The Hall–Kier alpha value is -3.14. The van der Waals surface area contributed by atoms with Gasteiger partial charge in [-0.15, -0.1) is 16.8 Å². The Morgan fingerprint density at radius 2 is 1.83 bits per heavy atom. The van der Waals surface area contributed by atoms with Crippen LogP contribution in [0.4, 0.5) is 18.9 Å². The maximum atomic E-state index is 12.6. The van der Waals surface area contributed by atoms with Gasteiger partial charge in [0.25, 0.3) is 0 Å². The molecule has 0 spiro atoms. The number of halogens is 3. The van der Waals surface area contributed by atoms with Crippen molar-refractivity contribution >= 4 is 23.4 Å². The van der Waals surface area contributed by atoms with Crippen molar-refractivity contribution in [2.75, 3.05) is 11.1 Å². The molecule has 0 saturated carbocycles. The van der Waals surface area contributed by atoms with Crippen LogP contribution in [0, 0.1) is 0 Å². The third-order valence-electron chi connectivity index (χ3n) is 3.80. The van der Waals surface area contributed by atoms with E-state index in [0.29, 0.717) is 17.5 Å². The maximum Gasteiger partial charge on any atom is 0.416 e. The molecule has 0 bridgehead atoms. The highest BCUT2D eigenvalue weighted by atomic mass is 32.2. The molecule has 1 N–H and O–H groups in total. The molecular formula is C19H16F3N5OS. The summed E-state index contributed by atoms with van der Waals surface area (Å²) in [5.74, 6) is 0.276. The van der Waals surface area contributed by atoms with Crippen LogP contribution in [0.15, 0.2) is 66.6 Å². The number of aromatic nitrogens is 4. The lowest BCUT2D eigenvalue weighted by Gasteiger charge is -2.09. The monoisotopic (exact) mass is 419 g/mol. The summed E-state index contributed by atoms with van der Waals surface area (Å²) in [6, 6.07) is 7.87. The van der Waals surface area contributed by atoms with Crippen LogP contribution < -0.4 is 5.32 Å². The first-order valence-corrected chi connectivity index (χ1v) is 9.41. The number of carbonyl (C=O) groups excluding carboxylic acids is 1. The van der Waals surface area contributed by atoms with Gasteiger partial charge in [-0.3, -0.25) is 14.3 Å². The Kier molecular flexibility index (Phi) is 6.32. The van der Waals surface area contributed by atoms with Crippen LogP contribution in [0.5, 0.6) is 0 Å². The van der Waals surface area contributed by atoms with Gasteiger partial charge in [0.2, 0.25) is 5.91 Å². The summed E-state index contributed by atoms with van der Waals surface area (Å²) in [7, 11) is 0. The lowest BCUT2D eigenvalue weighted by atomic mass is 10.2. The fourth-order valence-electron chi connectivity index (χ4n) is 2.47. The number of hydrogen-bond donors (Lipinski definition) is 1. The molecule has 0 saturated heterocycles. The summed E-state index contributed by atoms with van der Waals surface area (Å²) >= 11 is 1.17. The SMILES string of the molecule is C=CCn1c(SCC(=O)Nc2ccc(C(F)(F)F)cc2)nnc1-c1ccncc1. The van der Waals surface area contributed by atoms with Crippen molar-refractivity contribution in [1.29, 1.82) is 0 Å². The van der Waals surface area contributed by atoms with E-state index in [0.717, 1.165) is 17.7 Å². The molecule has 0 unspecified atom stereocenters. The molecule has 150 valence electrons. The first-order chi connectivity index (χ1) is 13.9. The van der Waals surface area contributed by atoms with Crippen LogP contribution >= 0.6 is 11.8 Å². The largest absolute Gasteiger partial charge is 0.416 e. The highest BCUT2D eigenvalue weighted by Crippen LogP contribution is 2.30. The Balaban J connectivity index is 1.66. The van der Waals surface area contributed by atoms with Crippen LogP contribution in [-0.4, -0.2) is 31.4 Å². The second-order valence-electron chi connectivity index (χ2n) is 5.85. The van der Waals surface area contributed by atoms with E-state index in [2.05, 4.69) is 27.1 Å². The van der Waals surface area contributed by atoms with Gasteiger partial charge in [-0.2, -0.15) is 13.2 Å². The smallest absolute Gasteiger partial charge is 0.325 e. The van der Waals surface area contributed by atoms with Crippen molar-refractivity contribution in [2.24, 2.45) is 0 Å². The lowest BCUT2D eigenvalue weighted by Crippen LogP contribution is -2.15. The van der Waals surface area contributed by atoms with Gasteiger partial charge in [-0.1, -0.05) is 17.8 Å². The molecule has 10 heteroatoms. The van der Waals surface area contributed by atoms with Crippen LogP contribution in [0.1, 0.15) is 5.56 Å². The van der Waals surface area contributed by atoms with E-state index in [4.69, 9.17) is 0 Å². The van der Waals surface area contributed by atoms with Crippen molar-refractivity contribution < 1.29 is 18.0 Å². The van der Waals surface area contributed by atoms with Gasteiger partial charge < -0.3 is 5.32 Å². The van der Waals surface area contributed by atoms with Gasteiger partial charge in [0.15, 0.2) is 11.0 Å². The highest BCUT2D eigenvalue weighted by Gasteiger charge is 2.30. The second-order valence-corrected chi connectivity index (χ2v) is 6.80. The number of carbonyl (C=O) groups is 1. The molecule has 2 aromatic heterocycles. The lowest BCUT2D eigenvalue weighted by molar-refractivity contribution is -0.137. The summed E-state index contributed by atoms with van der Waals surface area (Å²) < 4.78 is 39.6. The minimum atomic E-state index is -4.42. The number of allylic oxidation sites excluding steroid dienone is 1.